The first-order valence-electron chi connectivity index (χ1n) is 8.71. The largest absolute Gasteiger partial charge is 0.378 e. The lowest BCUT2D eigenvalue weighted by molar-refractivity contribution is -0.138. The Morgan fingerprint density at radius 3 is 2.25 bits per heavy atom. The number of amides is 2. The van der Waals surface area contributed by atoms with Gasteiger partial charge in [0, 0.05) is 51.3 Å². The average molecular weight is 331 g/mol. The van der Waals surface area contributed by atoms with Gasteiger partial charge in [-0.2, -0.15) is 0 Å². The van der Waals surface area contributed by atoms with Gasteiger partial charge in [0.05, 0.1) is 0 Å². The number of benzene rings is 1. The van der Waals surface area contributed by atoms with Gasteiger partial charge >= 0.3 is 0 Å². The Kier molecular flexibility index (Phi) is 6.23. The fourth-order valence-electron chi connectivity index (χ4n) is 2.97. The second kappa shape index (κ2) is 8.18. The van der Waals surface area contributed by atoms with Crippen molar-refractivity contribution in [3.8, 4) is 0 Å². The molecule has 1 N–H and O–H groups in total. The standard InChI is InChI=1S/C19H29N3O2/c1-14(2)19(24)22-11-9-16(10-12-22)18(23)20-13-15-5-7-17(8-6-15)21(3)4/h5-8,14,16H,9-13H2,1-4H3,(H,20,23). The summed E-state index contributed by atoms with van der Waals surface area (Å²) in [6.45, 7) is 5.77. The van der Waals surface area contributed by atoms with Gasteiger partial charge in [0.25, 0.3) is 0 Å². The molecule has 0 aromatic heterocycles. The first-order valence-corrected chi connectivity index (χ1v) is 8.71. The molecular weight excluding hydrogens is 302 g/mol. The highest BCUT2D eigenvalue weighted by molar-refractivity contribution is 5.80. The Bertz CT molecular complexity index is 558. The van der Waals surface area contributed by atoms with Crippen LogP contribution in [0.5, 0.6) is 0 Å². The maximum atomic E-state index is 12.3. The smallest absolute Gasteiger partial charge is 0.225 e. The van der Waals surface area contributed by atoms with E-state index in [1.54, 1.807) is 0 Å². The van der Waals surface area contributed by atoms with Crippen molar-refractivity contribution in [1.82, 2.24) is 10.2 Å². The van der Waals surface area contributed by atoms with Crippen LogP contribution in [0.25, 0.3) is 0 Å². The zero-order valence-corrected chi connectivity index (χ0v) is 15.2. The van der Waals surface area contributed by atoms with Crippen LogP contribution in [-0.2, 0) is 16.1 Å². The topological polar surface area (TPSA) is 52.7 Å². The molecule has 2 amide bonds. The minimum absolute atomic E-state index is 0.0160. The van der Waals surface area contributed by atoms with Gasteiger partial charge in [-0.15, -0.1) is 0 Å². The van der Waals surface area contributed by atoms with E-state index in [-0.39, 0.29) is 23.7 Å². The zero-order valence-electron chi connectivity index (χ0n) is 15.2. The number of carbonyl (C=O) groups excluding carboxylic acids is 2. The fourth-order valence-corrected chi connectivity index (χ4v) is 2.97. The summed E-state index contributed by atoms with van der Waals surface area (Å²) >= 11 is 0. The van der Waals surface area contributed by atoms with Gasteiger partial charge in [0.1, 0.15) is 0 Å². The lowest BCUT2D eigenvalue weighted by Crippen LogP contribution is -2.44. The second-order valence-corrected chi connectivity index (χ2v) is 7.03. The van der Waals surface area contributed by atoms with Crippen molar-refractivity contribution in [3.05, 3.63) is 29.8 Å². The highest BCUT2D eigenvalue weighted by Gasteiger charge is 2.27. The van der Waals surface area contributed by atoms with Gasteiger partial charge in [0.2, 0.25) is 11.8 Å². The summed E-state index contributed by atoms with van der Waals surface area (Å²) in [5.41, 5.74) is 2.24. The van der Waals surface area contributed by atoms with Crippen LogP contribution in [0.1, 0.15) is 32.3 Å². The van der Waals surface area contributed by atoms with E-state index >= 15 is 0 Å². The Hall–Kier alpha value is -2.04. The van der Waals surface area contributed by atoms with Crippen LogP contribution in [0.2, 0.25) is 0 Å². The van der Waals surface area contributed by atoms with E-state index < -0.39 is 0 Å². The van der Waals surface area contributed by atoms with Crippen LogP contribution in [0.4, 0.5) is 5.69 Å². The third-order valence-electron chi connectivity index (χ3n) is 4.59. The fraction of sp³-hybridized carbons (Fsp3) is 0.579. The molecular formula is C19H29N3O2. The predicted molar refractivity (Wildman–Crippen MR) is 96.8 cm³/mol. The highest BCUT2D eigenvalue weighted by atomic mass is 16.2. The number of hydrogen-bond donors (Lipinski definition) is 1. The SMILES string of the molecule is CC(C)C(=O)N1CCC(C(=O)NCc2ccc(N(C)C)cc2)CC1. The lowest BCUT2D eigenvalue weighted by atomic mass is 9.95. The molecule has 0 bridgehead atoms. The number of piperidine rings is 1. The number of anilines is 1. The third-order valence-corrected chi connectivity index (χ3v) is 4.59. The molecule has 0 unspecified atom stereocenters. The Morgan fingerprint density at radius 2 is 1.75 bits per heavy atom. The van der Waals surface area contributed by atoms with E-state index in [9.17, 15) is 9.59 Å². The molecule has 1 aromatic carbocycles. The molecule has 0 spiro atoms. The Morgan fingerprint density at radius 1 is 1.17 bits per heavy atom. The monoisotopic (exact) mass is 331 g/mol. The van der Waals surface area contributed by atoms with Crippen molar-refractivity contribution in [2.75, 3.05) is 32.1 Å². The predicted octanol–water partition coefficient (Wildman–Crippen LogP) is 2.26. The van der Waals surface area contributed by atoms with Crippen molar-refractivity contribution in [2.45, 2.75) is 33.2 Å². The summed E-state index contributed by atoms with van der Waals surface area (Å²) in [7, 11) is 4.01. The second-order valence-electron chi connectivity index (χ2n) is 7.03. The quantitative estimate of drug-likeness (QED) is 0.900. The van der Waals surface area contributed by atoms with Crippen LogP contribution >= 0.6 is 0 Å². The summed E-state index contributed by atoms with van der Waals surface area (Å²) in [6, 6.07) is 8.19. The minimum atomic E-state index is 0.0160. The van der Waals surface area contributed by atoms with E-state index in [1.165, 1.54) is 0 Å². The van der Waals surface area contributed by atoms with E-state index in [0.717, 1.165) is 24.1 Å². The molecule has 1 aliphatic rings. The third kappa shape index (κ3) is 4.73. The molecule has 132 valence electrons. The summed E-state index contributed by atoms with van der Waals surface area (Å²) in [6.07, 6.45) is 1.51. The maximum absolute atomic E-state index is 12.3. The van der Waals surface area contributed by atoms with Crippen molar-refractivity contribution in [1.29, 1.82) is 0 Å². The summed E-state index contributed by atoms with van der Waals surface area (Å²) in [5.74, 6) is 0.334. The molecule has 0 radical (unpaired) electrons. The van der Waals surface area contributed by atoms with Crippen LogP contribution in [0, 0.1) is 11.8 Å². The first-order chi connectivity index (χ1) is 11.4. The van der Waals surface area contributed by atoms with Crippen LogP contribution in [0.15, 0.2) is 24.3 Å². The summed E-state index contributed by atoms with van der Waals surface area (Å²) < 4.78 is 0. The molecule has 1 fully saturated rings. The number of likely N-dealkylation sites (tertiary alicyclic amines) is 1. The van der Waals surface area contributed by atoms with Gasteiger partial charge < -0.3 is 15.1 Å². The zero-order chi connectivity index (χ0) is 17.7. The van der Waals surface area contributed by atoms with Crippen molar-refractivity contribution >= 4 is 17.5 Å². The molecule has 5 nitrogen and oxygen atoms in total. The van der Waals surface area contributed by atoms with E-state index in [2.05, 4.69) is 22.3 Å². The van der Waals surface area contributed by atoms with E-state index in [4.69, 9.17) is 0 Å². The van der Waals surface area contributed by atoms with Crippen LogP contribution in [-0.4, -0.2) is 43.9 Å². The van der Waals surface area contributed by atoms with Gasteiger partial charge in [0.15, 0.2) is 0 Å². The number of carbonyl (C=O) groups is 2. The molecule has 0 saturated carbocycles. The molecule has 1 saturated heterocycles. The van der Waals surface area contributed by atoms with Crippen molar-refractivity contribution in [3.63, 3.8) is 0 Å². The number of hydrogen-bond acceptors (Lipinski definition) is 3. The Labute approximate surface area is 145 Å². The van der Waals surface area contributed by atoms with Crippen molar-refractivity contribution in [2.24, 2.45) is 11.8 Å². The van der Waals surface area contributed by atoms with E-state index in [0.29, 0.717) is 19.6 Å². The van der Waals surface area contributed by atoms with Crippen LogP contribution in [0.3, 0.4) is 0 Å². The van der Waals surface area contributed by atoms with Gasteiger partial charge in [-0.1, -0.05) is 26.0 Å². The first kappa shape index (κ1) is 18.3. The van der Waals surface area contributed by atoms with Gasteiger partial charge in [-0.3, -0.25) is 9.59 Å². The summed E-state index contributed by atoms with van der Waals surface area (Å²) in [4.78, 5) is 28.3. The molecule has 24 heavy (non-hydrogen) atoms. The average Bonchev–Trinajstić information content (AvgIpc) is 2.59. The highest BCUT2D eigenvalue weighted by Crippen LogP contribution is 2.19. The molecule has 1 aromatic rings. The normalized spacial score (nSPS) is 15.5. The number of nitrogens with one attached hydrogen (secondary N) is 1. The summed E-state index contributed by atoms with van der Waals surface area (Å²) in [5, 5.41) is 3.03. The van der Waals surface area contributed by atoms with E-state index in [1.807, 2.05) is 45.0 Å². The number of rotatable bonds is 5. The number of nitrogens with zero attached hydrogens (tertiary/aromatic N) is 2. The van der Waals surface area contributed by atoms with Crippen molar-refractivity contribution < 1.29 is 9.59 Å². The molecule has 1 aliphatic heterocycles. The molecule has 2 rings (SSSR count). The van der Waals surface area contributed by atoms with Gasteiger partial charge in [-0.05, 0) is 30.5 Å². The molecule has 1 heterocycles. The molecule has 0 aliphatic carbocycles. The van der Waals surface area contributed by atoms with Crippen LogP contribution < -0.4 is 10.2 Å². The maximum Gasteiger partial charge on any atom is 0.225 e. The Balaban J connectivity index is 1.78. The van der Waals surface area contributed by atoms with Gasteiger partial charge in [-0.25, -0.2) is 0 Å². The minimum Gasteiger partial charge on any atom is -0.378 e. The molecule has 5 heteroatoms. The lowest BCUT2D eigenvalue weighted by Gasteiger charge is -2.32. The molecule has 0 atom stereocenters.